The summed E-state index contributed by atoms with van der Waals surface area (Å²) in [5.41, 5.74) is 8.08. The van der Waals surface area contributed by atoms with Crippen LogP contribution in [0.3, 0.4) is 0 Å². The number of carbonyl (C=O) groups excluding carboxylic acids is 1. The normalized spacial score (nSPS) is 22.8. The smallest absolute Gasteiger partial charge is 0.253 e. The molecule has 0 bridgehead atoms. The molecule has 2 fully saturated rings. The molecule has 2 aromatic rings. The molecule has 1 aromatic carbocycles. The fourth-order valence-corrected chi connectivity index (χ4v) is 3.27. The second kappa shape index (κ2) is 4.77. The van der Waals surface area contributed by atoms with Crippen LogP contribution >= 0.6 is 0 Å². The summed E-state index contributed by atoms with van der Waals surface area (Å²) in [6, 6.07) is 6.65. The van der Waals surface area contributed by atoms with Crippen molar-refractivity contribution in [3.8, 4) is 0 Å². The molecule has 2 aliphatic rings. The Morgan fingerprint density at radius 1 is 1.33 bits per heavy atom. The molecule has 1 aliphatic heterocycles. The van der Waals surface area contributed by atoms with E-state index in [4.69, 9.17) is 5.73 Å². The number of hydrogen-bond acceptors (Lipinski definition) is 3. The first-order valence-electron chi connectivity index (χ1n) is 7.62. The van der Waals surface area contributed by atoms with Gasteiger partial charge in [0.1, 0.15) is 0 Å². The molecule has 4 N–H and O–H groups in total. The number of nitrogens with zero attached hydrogens (tertiary/aromatic N) is 1. The maximum atomic E-state index is 12.5. The lowest BCUT2D eigenvalue weighted by Gasteiger charge is -2.15. The van der Waals surface area contributed by atoms with Crippen LogP contribution in [0.4, 0.5) is 5.69 Å². The highest BCUT2D eigenvalue weighted by molar-refractivity contribution is 6.07. The Hall–Kier alpha value is -2.01. The lowest BCUT2D eigenvalue weighted by molar-refractivity contribution is 0.0939. The Morgan fingerprint density at radius 2 is 2.19 bits per heavy atom. The molecule has 0 radical (unpaired) electrons. The first-order valence-corrected chi connectivity index (χ1v) is 7.62. The minimum atomic E-state index is 0.00803. The zero-order valence-electron chi connectivity index (χ0n) is 11.9. The van der Waals surface area contributed by atoms with E-state index in [1.54, 1.807) is 6.20 Å². The molecule has 2 heterocycles. The second-order valence-electron chi connectivity index (χ2n) is 6.19. The van der Waals surface area contributed by atoms with E-state index >= 15 is 0 Å². The van der Waals surface area contributed by atoms with Gasteiger partial charge < -0.3 is 16.0 Å². The maximum Gasteiger partial charge on any atom is 0.253 e. The van der Waals surface area contributed by atoms with Gasteiger partial charge in [0, 0.05) is 48.0 Å². The van der Waals surface area contributed by atoms with Gasteiger partial charge in [0.15, 0.2) is 0 Å². The molecule has 1 atom stereocenters. The topological polar surface area (TPSA) is 74.2 Å². The minimum Gasteiger partial charge on any atom is -0.399 e. The van der Waals surface area contributed by atoms with E-state index in [-0.39, 0.29) is 11.9 Å². The highest BCUT2D eigenvalue weighted by atomic mass is 16.1. The van der Waals surface area contributed by atoms with E-state index < -0.39 is 0 Å². The number of H-pyrrole nitrogens is 1. The van der Waals surface area contributed by atoms with Crippen LogP contribution in [0.5, 0.6) is 0 Å². The van der Waals surface area contributed by atoms with Gasteiger partial charge in [-0.05, 0) is 37.5 Å². The van der Waals surface area contributed by atoms with Crippen molar-refractivity contribution in [2.75, 3.05) is 18.8 Å². The number of aromatic amines is 1. The summed E-state index contributed by atoms with van der Waals surface area (Å²) in [4.78, 5) is 18.1. The Morgan fingerprint density at radius 3 is 3.00 bits per heavy atom. The second-order valence-corrected chi connectivity index (χ2v) is 6.19. The lowest BCUT2D eigenvalue weighted by Crippen LogP contribution is -2.37. The highest BCUT2D eigenvalue weighted by Gasteiger charge is 2.34. The fourth-order valence-electron chi connectivity index (χ4n) is 3.27. The molecule has 1 aromatic heterocycles. The van der Waals surface area contributed by atoms with Crippen LogP contribution in [0.15, 0.2) is 24.4 Å². The van der Waals surface area contributed by atoms with Gasteiger partial charge in [-0.1, -0.05) is 0 Å². The van der Waals surface area contributed by atoms with Crippen LogP contribution in [-0.2, 0) is 0 Å². The fraction of sp³-hybridized carbons (Fsp3) is 0.438. The van der Waals surface area contributed by atoms with Gasteiger partial charge in [0.2, 0.25) is 0 Å². The van der Waals surface area contributed by atoms with Crippen molar-refractivity contribution in [3.05, 3.63) is 30.0 Å². The number of benzene rings is 1. The van der Waals surface area contributed by atoms with E-state index in [0.29, 0.717) is 11.3 Å². The van der Waals surface area contributed by atoms with Crippen LogP contribution < -0.4 is 11.1 Å². The third-order valence-electron chi connectivity index (χ3n) is 4.57. The quantitative estimate of drug-likeness (QED) is 0.751. The predicted molar refractivity (Wildman–Crippen MR) is 83.2 cm³/mol. The molecule has 1 unspecified atom stereocenters. The number of nitrogens with one attached hydrogen (secondary N) is 2. The van der Waals surface area contributed by atoms with Crippen LogP contribution in [0.1, 0.15) is 29.6 Å². The number of nitrogen functional groups attached to an aromatic ring is 1. The van der Waals surface area contributed by atoms with Gasteiger partial charge in [-0.25, -0.2) is 0 Å². The number of anilines is 1. The van der Waals surface area contributed by atoms with Gasteiger partial charge in [-0.3, -0.25) is 9.69 Å². The summed E-state index contributed by atoms with van der Waals surface area (Å²) in [7, 11) is 0. The van der Waals surface area contributed by atoms with E-state index in [9.17, 15) is 4.79 Å². The number of rotatable bonds is 3. The number of amides is 1. The number of likely N-dealkylation sites (tertiary alicyclic amines) is 1. The summed E-state index contributed by atoms with van der Waals surface area (Å²) in [5, 5.41) is 4.10. The average molecular weight is 284 g/mol. The number of nitrogens with two attached hydrogens (primary N) is 1. The van der Waals surface area contributed by atoms with Gasteiger partial charge >= 0.3 is 0 Å². The van der Waals surface area contributed by atoms with Crippen LogP contribution in [-0.4, -0.2) is 41.0 Å². The monoisotopic (exact) mass is 284 g/mol. The first-order chi connectivity index (χ1) is 10.2. The maximum absolute atomic E-state index is 12.5. The molecule has 0 spiro atoms. The Kier molecular flexibility index (Phi) is 2.89. The Balaban J connectivity index is 1.48. The number of carbonyl (C=O) groups is 1. The zero-order chi connectivity index (χ0) is 14.4. The van der Waals surface area contributed by atoms with Gasteiger partial charge in [0.25, 0.3) is 5.91 Å². The molecular weight excluding hydrogens is 264 g/mol. The van der Waals surface area contributed by atoms with Crippen LogP contribution in [0.25, 0.3) is 10.9 Å². The molecule has 1 aliphatic carbocycles. The molecule has 1 saturated carbocycles. The molecule has 4 rings (SSSR count). The van der Waals surface area contributed by atoms with Crippen molar-refractivity contribution in [1.29, 1.82) is 0 Å². The standard InChI is InChI=1S/C16H20N4O/c17-10-1-4-13-14(8-18-15(13)7-10)16(21)19-11-5-6-20(9-11)12-2-3-12/h1,4,7-8,11-12,18H,2-3,5-6,9,17H2,(H,19,21). The SMILES string of the molecule is Nc1ccc2c(C(=O)NC3CCN(C4CC4)C3)c[nH]c2c1. The number of fused-ring (bicyclic) bond motifs is 1. The number of aromatic nitrogens is 1. The highest BCUT2D eigenvalue weighted by Crippen LogP contribution is 2.30. The van der Waals surface area contributed by atoms with E-state index in [0.717, 1.165) is 36.5 Å². The van der Waals surface area contributed by atoms with Gasteiger partial charge in [-0.15, -0.1) is 0 Å². The van der Waals surface area contributed by atoms with E-state index in [2.05, 4.69) is 15.2 Å². The lowest BCUT2D eigenvalue weighted by atomic mass is 10.1. The van der Waals surface area contributed by atoms with Crippen molar-refractivity contribution < 1.29 is 4.79 Å². The third-order valence-corrected chi connectivity index (χ3v) is 4.57. The predicted octanol–water partition coefficient (Wildman–Crippen LogP) is 1.72. The number of hydrogen-bond donors (Lipinski definition) is 3. The summed E-state index contributed by atoms with van der Waals surface area (Å²) < 4.78 is 0. The van der Waals surface area contributed by atoms with E-state index in [1.165, 1.54) is 12.8 Å². The van der Waals surface area contributed by atoms with Crippen molar-refractivity contribution in [1.82, 2.24) is 15.2 Å². The molecule has 1 amide bonds. The van der Waals surface area contributed by atoms with Crippen molar-refractivity contribution in [3.63, 3.8) is 0 Å². The van der Waals surface area contributed by atoms with Gasteiger partial charge in [0.05, 0.1) is 5.56 Å². The summed E-state index contributed by atoms with van der Waals surface area (Å²) >= 11 is 0. The summed E-state index contributed by atoms with van der Waals surface area (Å²) in [6.45, 7) is 2.10. The first kappa shape index (κ1) is 12.7. The Bertz CT molecular complexity index is 689. The zero-order valence-corrected chi connectivity index (χ0v) is 11.9. The van der Waals surface area contributed by atoms with Crippen molar-refractivity contribution >= 4 is 22.5 Å². The largest absolute Gasteiger partial charge is 0.399 e. The molecule has 110 valence electrons. The molecule has 5 heteroatoms. The van der Waals surface area contributed by atoms with Crippen LogP contribution in [0.2, 0.25) is 0 Å². The summed E-state index contributed by atoms with van der Waals surface area (Å²) in [5.74, 6) is 0.00803. The molecular formula is C16H20N4O. The molecule has 21 heavy (non-hydrogen) atoms. The third kappa shape index (κ3) is 2.38. The average Bonchev–Trinajstić information content (AvgIpc) is 3.06. The van der Waals surface area contributed by atoms with E-state index in [1.807, 2.05) is 18.2 Å². The molecule has 5 nitrogen and oxygen atoms in total. The summed E-state index contributed by atoms with van der Waals surface area (Å²) in [6.07, 6.45) is 5.47. The van der Waals surface area contributed by atoms with Crippen molar-refractivity contribution in [2.24, 2.45) is 0 Å². The van der Waals surface area contributed by atoms with Gasteiger partial charge in [-0.2, -0.15) is 0 Å². The van der Waals surface area contributed by atoms with Crippen LogP contribution in [0, 0.1) is 0 Å². The Labute approximate surface area is 123 Å². The minimum absolute atomic E-state index is 0.00803. The van der Waals surface area contributed by atoms with Crippen molar-refractivity contribution in [2.45, 2.75) is 31.3 Å². The molecule has 1 saturated heterocycles.